The van der Waals surface area contributed by atoms with Crippen molar-refractivity contribution in [1.82, 2.24) is 9.78 Å². The maximum absolute atomic E-state index is 11.5. The van der Waals surface area contributed by atoms with E-state index in [1.165, 1.54) is 10.7 Å². The molecule has 0 aliphatic rings. The molecule has 0 aliphatic heterocycles. The van der Waals surface area contributed by atoms with Gasteiger partial charge in [-0.2, -0.15) is 5.10 Å². The summed E-state index contributed by atoms with van der Waals surface area (Å²) in [4.78, 5) is 11.5. The largest absolute Gasteiger partial charge is 0.476 e. The van der Waals surface area contributed by atoms with E-state index in [1.54, 1.807) is 36.4 Å². The van der Waals surface area contributed by atoms with Crippen molar-refractivity contribution in [3.8, 4) is 16.9 Å². The Bertz CT molecular complexity index is 953. The molecule has 128 valence electrons. The van der Waals surface area contributed by atoms with Gasteiger partial charge in [-0.05, 0) is 30.3 Å². The van der Waals surface area contributed by atoms with Crippen molar-refractivity contribution in [2.75, 3.05) is 0 Å². The van der Waals surface area contributed by atoms with Crippen molar-refractivity contribution in [2.45, 2.75) is 6.61 Å². The van der Waals surface area contributed by atoms with E-state index in [-0.39, 0.29) is 11.3 Å². The Morgan fingerprint density at radius 2 is 1.68 bits per heavy atom. The predicted molar refractivity (Wildman–Crippen MR) is 96.9 cm³/mol. The SMILES string of the molecule is O=C(O)c1nn(-c2ccc(Cl)cc2Cl)c(-c2ccc(Cl)cc2)c1CO. The van der Waals surface area contributed by atoms with E-state index in [0.717, 1.165) is 0 Å². The number of aliphatic hydroxyl groups excluding tert-OH is 1. The van der Waals surface area contributed by atoms with Gasteiger partial charge in [-0.3, -0.25) is 0 Å². The van der Waals surface area contributed by atoms with Crippen molar-refractivity contribution in [3.05, 3.63) is 68.8 Å². The first-order valence-electron chi connectivity index (χ1n) is 7.09. The maximum atomic E-state index is 11.5. The van der Waals surface area contributed by atoms with E-state index in [0.29, 0.717) is 32.0 Å². The molecule has 0 atom stereocenters. The summed E-state index contributed by atoms with van der Waals surface area (Å²) in [6.07, 6.45) is 0. The number of carbonyl (C=O) groups is 1. The number of hydrogen-bond donors (Lipinski definition) is 2. The lowest BCUT2D eigenvalue weighted by molar-refractivity contribution is 0.0686. The average molecular weight is 398 g/mol. The van der Waals surface area contributed by atoms with Gasteiger partial charge in [-0.25, -0.2) is 9.48 Å². The van der Waals surface area contributed by atoms with Crippen LogP contribution in [0.2, 0.25) is 15.1 Å². The zero-order chi connectivity index (χ0) is 18.1. The van der Waals surface area contributed by atoms with Crippen LogP contribution >= 0.6 is 34.8 Å². The second-order valence-electron chi connectivity index (χ2n) is 5.15. The highest BCUT2D eigenvalue weighted by molar-refractivity contribution is 6.35. The van der Waals surface area contributed by atoms with Crippen LogP contribution < -0.4 is 0 Å². The molecule has 25 heavy (non-hydrogen) atoms. The molecule has 3 aromatic rings. The van der Waals surface area contributed by atoms with Crippen LogP contribution in [0.4, 0.5) is 0 Å². The Hall–Kier alpha value is -2.05. The number of aromatic carboxylic acids is 1. The minimum atomic E-state index is -1.25. The fraction of sp³-hybridized carbons (Fsp3) is 0.0588. The van der Waals surface area contributed by atoms with E-state index < -0.39 is 12.6 Å². The van der Waals surface area contributed by atoms with Crippen molar-refractivity contribution in [2.24, 2.45) is 0 Å². The Morgan fingerprint density at radius 3 is 2.24 bits per heavy atom. The smallest absolute Gasteiger partial charge is 0.356 e. The second kappa shape index (κ2) is 7.06. The average Bonchev–Trinajstić information content (AvgIpc) is 2.95. The van der Waals surface area contributed by atoms with E-state index in [4.69, 9.17) is 34.8 Å². The molecule has 0 fully saturated rings. The molecular weight excluding hydrogens is 387 g/mol. The van der Waals surface area contributed by atoms with E-state index in [1.807, 2.05) is 0 Å². The first kappa shape index (κ1) is 17.8. The van der Waals surface area contributed by atoms with Gasteiger partial charge in [0.15, 0.2) is 5.69 Å². The molecule has 5 nitrogen and oxygen atoms in total. The lowest BCUT2D eigenvalue weighted by Crippen LogP contribution is -2.03. The van der Waals surface area contributed by atoms with Gasteiger partial charge in [0.1, 0.15) is 0 Å². The number of benzene rings is 2. The highest BCUT2D eigenvalue weighted by Crippen LogP contribution is 2.33. The van der Waals surface area contributed by atoms with Crippen molar-refractivity contribution >= 4 is 40.8 Å². The predicted octanol–water partition coefficient (Wildman–Crippen LogP) is 4.69. The molecule has 1 aromatic heterocycles. The minimum absolute atomic E-state index is 0.181. The molecule has 0 amide bonds. The third-order valence-corrected chi connectivity index (χ3v) is 4.39. The molecule has 0 unspecified atom stereocenters. The quantitative estimate of drug-likeness (QED) is 0.669. The normalized spacial score (nSPS) is 10.9. The fourth-order valence-corrected chi connectivity index (χ4v) is 3.12. The van der Waals surface area contributed by atoms with Gasteiger partial charge in [-0.1, -0.05) is 46.9 Å². The number of halogens is 3. The van der Waals surface area contributed by atoms with Crippen LogP contribution in [0.1, 0.15) is 16.1 Å². The van der Waals surface area contributed by atoms with Gasteiger partial charge in [0.2, 0.25) is 0 Å². The molecule has 0 spiro atoms. The van der Waals surface area contributed by atoms with Crippen molar-refractivity contribution < 1.29 is 15.0 Å². The Balaban J connectivity index is 2.34. The number of carboxylic acid groups (broad SMARTS) is 1. The molecule has 8 heteroatoms. The van der Waals surface area contributed by atoms with Crippen LogP contribution in [0.3, 0.4) is 0 Å². The Kier molecular flexibility index (Phi) is 5.01. The summed E-state index contributed by atoms with van der Waals surface area (Å²) in [5.74, 6) is -1.25. The summed E-state index contributed by atoms with van der Waals surface area (Å²) in [6, 6.07) is 11.5. The standard InChI is InChI=1S/C17H11Cl3N2O3/c18-10-3-1-9(2-4-10)16-12(8-23)15(17(24)25)21-22(16)14-6-5-11(19)7-13(14)20/h1-7,23H,8H2,(H,24,25). The van der Waals surface area contributed by atoms with Gasteiger partial charge in [0.25, 0.3) is 0 Å². The van der Waals surface area contributed by atoms with Crippen LogP contribution in [0.15, 0.2) is 42.5 Å². The van der Waals surface area contributed by atoms with Gasteiger partial charge in [0, 0.05) is 21.2 Å². The third kappa shape index (κ3) is 3.37. The highest BCUT2D eigenvalue weighted by atomic mass is 35.5. The number of hydrogen-bond acceptors (Lipinski definition) is 3. The number of carboxylic acids is 1. The molecular formula is C17H11Cl3N2O3. The molecule has 0 bridgehead atoms. The molecule has 2 aromatic carbocycles. The molecule has 2 N–H and O–H groups in total. The molecule has 1 heterocycles. The first-order valence-corrected chi connectivity index (χ1v) is 8.23. The summed E-state index contributed by atoms with van der Waals surface area (Å²) in [5, 5.41) is 24.6. The molecule has 3 rings (SSSR count). The Morgan fingerprint density at radius 1 is 1.04 bits per heavy atom. The lowest BCUT2D eigenvalue weighted by atomic mass is 10.1. The van der Waals surface area contributed by atoms with Crippen LogP contribution in [-0.2, 0) is 6.61 Å². The van der Waals surface area contributed by atoms with Crippen LogP contribution in [0, 0.1) is 0 Å². The number of aliphatic hydroxyl groups is 1. The van der Waals surface area contributed by atoms with Gasteiger partial charge >= 0.3 is 5.97 Å². The zero-order valence-corrected chi connectivity index (χ0v) is 14.8. The first-order chi connectivity index (χ1) is 11.9. The number of nitrogens with zero attached hydrogens (tertiary/aromatic N) is 2. The van der Waals surface area contributed by atoms with Crippen LogP contribution in [0.5, 0.6) is 0 Å². The van der Waals surface area contributed by atoms with Gasteiger partial charge < -0.3 is 10.2 Å². The summed E-state index contributed by atoms with van der Waals surface area (Å²) in [6.45, 7) is -0.495. The summed E-state index contributed by atoms with van der Waals surface area (Å²) >= 11 is 18.1. The summed E-state index contributed by atoms with van der Waals surface area (Å²) < 4.78 is 1.39. The summed E-state index contributed by atoms with van der Waals surface area (Å²) in [7, 11) is 0. The van der Waals surface area contributed by atoms with Gasteiger partial charge in [0.05, 0.1) is 23.0 Å². The number of rotatable bonds is 4. The van der Waals surface area contributed by atoms with E-state index in [9.17, 15) is 15.0 Å². The van der Waals surface area contributed by atoms with Crippen molar-refractivity contribution in [3.63, 3.8) is 0 Å². The van der Waals surface area contributed by atoms with Gasteiger partial charge in [-0.15, -0.1) is 0 Å². The second-order valence-corrected chi connectivity index (χ2v) is 6.43. The number of aromatic nitrogens is 2. The molecule has 0 aliphatic carbocycles. The molecule has 0 saturated heterocycles. The third-order valence-electron chi connectivity index (χ3n) is 3.60. The Labute approximate surface area is 158 Å². The molecule has 0 saturated carbocycles. The topological polar surface area (TPSA) is 75.3 Å². The highest BCUT2D eigenvalue weighted by Gasteiger charge is 2.24. The summed E-state index contributed by atoms with van der Waals surface area (Å²) in [5.41, 5.74) is 1.43. The van der Waals surface area contributed by atoms with E-state index in [2.05, 4.69) is 5.10 Å². The van der Waals surface area contributed by atoms with E-state index >= 15 is 0 Å². The fourth-order valence-electron chi connectivity index (χ4n) is 2.50. The minimum Gasteiger partial charge on any atom is -0.476 e. The monoisotopic (exact) mass is 396 g/mol. The van der Waals surface area contributed by atoms with Crippen LogP contribution in [-0.4, -0.2) is 26.0 Å². The molecule has 0 radical (unpaired) electrons. The zero-order valence-electron chi connectivity index (χ0n) is 12.6. The van der Waals surface area contributed by atoms with Crippen LogP contribution in [0.25, 0.3) is 16.9 Å². The lowest BCUT2D eigenvalue weighted by Gasteiger charge is -2.11. The van der Waals surface area contributed by atoms with Crippen molar-refractivity contribution in [1.29, 1.82) is 0 Å². The maximum Gasteiger partial charge on any atom is 0.356 e.